The highest BCUT2D eigenvalue weighted by Crippen LogP contribution is 2.16. The summed E-state index contributed by atoms with van der Waals surface area (Å²) in [6.45, 7) is 0. The van der Waals surface area contributed by atoms with Crippen LogP contribution in [0.5, 0.6) is 0 Å². The first-order valence-corrected chi connectivity index (χ1v) is 5.64. The van der Waals surface area contributed by atoms with E-state index in [0.29, 0.717) is 0 Å². The number of Topliss-reactive ketones (excluding diaryl/α,β-unsaturated/α-hetero) is 2. The Bertz CT molecular complexity index is 746. The summed E-state index contributed by atoms with van der Waals surface area (Å²) in [5, 5.41) is 0. The first kappa shape index (κ1) is 7.27. The molecule has 2 aromatic carbocycles. The topological polar surface area (TPSA) is 34.1 Å². The van der Waals surface area contributed by atoms with E-state index in [1.165, 1.54) is 0 Å². The molecule has 0 heterocycles. The predicted molar refractivity (Wildman–Crippen MR) is 69.0 cm³/mol. The Hall–Kier alpha value is -2.22. The molecule has 2 nitrogen and oxygen atoms in total. The van der Waals surface area contributed by atoms with Gasteiger partial charge in [-0.1, -0.05) is 42.4 Å². The first-order valence-electron chi connectivity index (χ1n) is 7.64. The molecule has 0 amide bonds. The number of ketones is 2. The van der Waals surface area contributed by atoms with E-state index in [2.05, 4.69) is 0 Å². The third-order valence-corrected chi connectivity index (χ3v) is 2.94. The van der Waals surface area contributed by atoms with Crippen LogP contribution in [-0.4, -0.2) is 11.6 Å². The van der Waals surface area contributed by atoms with Crippen molar-refractivity contribution in [1.29, 1.82) is 0 Å². The first-order chi connectivity index (χ1) is 10.4. The predicted octanol–water partition coefficient (Wildman–Crippen LogP) is 2.85. The van der Waals surface area contributed by atoms with Gasteiger partial charge in [-0.25, -0.2) is 0 Å². The van der Waals surface area contributed by atoms with Crippen LogP contribution in [0, 0.1) is 0 Å². The maximum absolute atomic E-state index is 12.4. The summed E-state index contributed by atoms with van der Waals surface area (Å²) in [5.74, 6) is -0.959. The van der Waals surface area contributed by atoms with Crippen molar-refractivity contribution in [3.05, 3.63) is 70.7 Å². The minimum atomic E-state index is -0.481. The smallest absolute Gasteiger partial charge is 0.167 e. The molecule has 0 spiro atoms. The number of carbonyl (C=O) groups excluding carboxylic acids is 2. The summed E-state index contributed by atoms with van der Waals surface area (Å²) in [5.41, 5.74) is 0.970. The highest BCUT2D eigenvalue weighted by atomic mass is 16.1. The Morgan fingerprint density at radius 1 is 0.833 bits per heavy atom. The van der Waals surface area contributed by atoms with Crippen molar-refractivity contribution in [3.8, 4) is 0 Å². The number of hydrogen-bond donors (Lipinski definition) is 0. The van der Waals surface area contributed by atoms with Crippen LogP contribution in [0.3, 0.4) is 0 Å². The molecule has 88 valence electrons. The Morgan fingerprint density at radius 2 is 1.28 bits per heavy atom. The molecule has 0 aliphatic heterocycles. The zero-order chi connectivity index (χ0) is 16.0. The van der Waals surface area contributed by atoms with E-state index in [-0.39, 0.29) is 24.0 Å². The van der Waals surface area contributed by atoms with Crippen molar-refractivity contribution in [1.82, 2.24) is 0 Å². The van der Waals surface area contributed by atoms with Crippen LogP contribution in [0.4, 0.5) is 0 Å². The van der Waals surface area contributed by atoms with Gasteiger partial charge in [0.25, 0.3) is 0 Å². The van der Waals surface area contributed by atoms with Gasteiger partial charge in [0.15, 0.2) is 11.6 Å². The zero-order valence-electron chi connectivity index (χ0n) is 13.5. The largest absolute Gasteiger partial charge is 0.294 e. The Morgan fingerprint density at radius 3 is 1.72 bits per heavy atom. The van der Waals surface area contributed by atoms with Crippen molar-refractivity contribution in [2.24, 2.45) is 0 Å². The van der Waals surface area contributed by atoms with Crippen LogP contribution in [0.1, 0.15) is 37.3 Å². The van der Waals surface area contributed by atoms with Crippen molar-refractivity contribution >= 4 is 11.6 Å². The summed E-state index contributed by atoms with van der Waals surface area (Å²) in [6, 6.07) is 5.18. The molecule has 0 saturated carbocycles. The van der Waals surface area contributed by atoms with Crippen LogP contribution in [0.25, 0.3) is 0 Å². The quantitative estimate of drug-likeness (QED) is 0.709. The summed E-state index contributed by atoms with van der Waals surface area (Å²) < 4.78 is 31.6. The Kier molecular flexibility index (Phi) is 1.70. The molecule has 0 saturated heterocycles. The number of hydrogen-bond acceptors (Lipinski definition) is 2. The van der Waals surface area contributed by atoms with Crippen molar-refractivity contribution in [2.45, 2.75) is 12.8 Å². The summed E-state index contributed by atoms with van der Waals surface area (Å²) in [7, 11) is 0. The number of benzene rings is 2. The lowest BCUT2D eigenvalue weighted by atomic mass is 10.0. The lowest BCUT2D eigenvalue weighted by Gasteiger charge is -2.02. The van der Waals surface area contributed by atoms with Gasteiger partial charge >= 0.3 is 0 Å². The average Bonchev–Trinajstić information content (AvgIpc) is 2.48. The van der Waals surface area contributed by atoms with E-state index in [0.717, 1.165) is 11.1 Å². The van der Waals surface area contributed by atoms with Gasteiger partial charge in [0.05, 0.1) is 5.48 Å². The van der Waals surface area contributed by atoms with Gasteiger partial charge in [0.1, 0.15) is 0 Å². The second-order valence-corrected chi connectivity index (χ2v) is 4.27. The van der Waals surface area contributed by atoms with Crippen LogP contribution < -0.4 is 0 Å². The van der Waals surface area contributed by atoms with Gasteiger partial charge in [-0.15, -0.1) is 0 Å². The maximum Gasteiger partial charge on any atom is 0.167 e. The normalized spacial score (nSPS) is 17.6. The SMILES string of the molecule is [2H]c1c([2H])c2c([2H])c(c1[2H])C(=O)Cc1ccc(cc1)CC2=O. The second-order valence-electron chi connectivity index (χ2n) is 4.27. The summed E-state index contributed by atoms with van der Waals surface area (Å²) >= 11 is 0. The van der Waals surface area contributed by atoms with E-state index in [4.69, 9.17) is 5.48 Å². The molecule has 4 bridgehead atoms. The van der Waals surface area contributed by atoms with Crippen LogP contribution >= 0.6 is 0 Å². The maximum atomic E-state index is 12.4. The molecule has 0 atom stereocenters. The molecule has 0 unspecified atom stereocenters. The molecular weight excluding hydrogens is 224 g/mol. The minimum absolute atomic E-state index is 0.00244. The molecule has 2 aliphatic rings. The summed E-state index contributed by atoms with van der Waals surface area (Å²) in [6.07, 6.45) is 0.00488. The second kappa shape index (κ2) is 4.22. The number of rotatable bonds is 0. The molecule has 4 rings (SSSR count). The van der Waals surface area contributed by atoms with E-state index >= 15 is 0 Å². The Labute approximate surface area is 111 Å². The van der Waals surface area contributed by atoms with Gasteiger partial charge in [0.2, 0.25) is 0 Å². The van der Waals surface area contributed by atoms with E-state index in [1.54, 1.807) is 24.3 Å². The third-order valence-electron chi connectivity index (χ3n) is 2.94. The number of fused-ring (bicyclic) bond motifs is 4. The van der Waals surface area contributed by atoms with Crippen LogP contribution in [-0.2, 0) is 12.8 Å². The molecule has 0 radical (unpaired) electrons. The standard InChI is InChI=1S/C16H12O2/c17-15-8-11-4-6-12(7-5-11)9-16(18)14-3-1-2-13(15)10-14/h1-7,10H,8-9H2/i1D,2D,3D,10D. The fourth-order valence-electron chi connectivity index (χ4n) is 1.95. The molecular formula is C16H12O2. The van der Waals surface area contributed by atoms with Gasteiger partial charge in [-0.05, 0) is 17.2 Å². The lowest BCUT2D eigenvalue weighted by molar-refractivity contribution is 0.0991. The highest BCUT2D eigenvalue weighted by molar-refractivity contribution is 6.02. The van der Waals surface area contributed by atoms with Gasteiger partial charge in [0, 0.05) is 24.0 Å². The van der Waals surface area contributed by atoms with Crippen molar-refractivity contribution < 1.29 is 15.1 Å². The van der Waals surface area contributed by atoms with Crippen molar-refractivity contribution in [3.63, 3.8) is 0 Å². The monoisotopic (exact) mass is 240 g/mol. The van der Waals surface area contributed by atoms with E-state index in [9.17, 15) is 9.59 Å². The van der Waals surface area contributed by atoms with Crippen molar-refractivity contribution in [2.75, 3.05) is 0 Å². The Balaban J connectivity index is 2.35. The molecule has 0 N–H and O–H groups in total. The van der Waals surface area contributed by atoms with E-state index in [1.807, 2.05) is 0 Å². The van der Waals surface area contributed by atoms with Crippen LogP contribution in [0.2, 0.25) is 0 Å². The fraction of sp³-hybridized carbons (Fsp3) is 0.125. The molecule has 0 aromatic heterocycles. The fourth-order valence-corrected chi connectivity index (χ4v) is 1.95. The minimum Gasteiger partial charge on any atom is -0.294 e. The lowest BCUT2D eigenvalue weighted by Crippen LogP contribution is -2.05. The molecule has 18 heavy (non-hydrogen) atoms. The highest BCUT2D eigenvalue weighted by Gasteiger charge is 2.13. The number of carbonyl (C=O) groups is 2. The van der Waals surface area contributed by atoms with E-state index < -0.39 is 35.7 Å². The molecule has 2 aliphatic carbocycles. The zero-order valence-corrected chi connectivity index (χ0v) is 9.54. The summed E-state index contributed by atoms with van der Waals surface area (Å²) in [4.78, 5) is 24.8. The van der Waals surface area contributed by atoms with Crippen LogP contribution in [0.15, 0.2) is 48.4 Å². The molecule has 2 heteroatoms. The molecule has 2 aromatic rings. The van der Waals surface area contributed by atoms with Gasteiger partial charge in [-0.2, -0.15) is 0 Å². The van der Waals surface area contributed by atoms with Gasteiger partial charge < -0.3 is 0 Å². The van der Waals surface area contributed by atoms with Gasteiger partial charge in [-0.3, -0.25) is 9.59 Å². The average molecular weight is 240 g/mol. The third kappa shape index (κ3) is 1.97. The molecule has 0 fully saturated rings.